The van der Waals surface area contributed by atoms with Gasteiger partial charge < -0.3 is 9.72 Å². The Morgan fingerprint density at radius 1 is 1.30 bits per heavy atom. The third-order valence-electron chi connectivity index (χ3n) is 2.90. The van der Waals surface area contributed by atoms with Gasteiger partial charge in [0.2, 0.25) is 0 Å². The number of ether oxygens (including phenoxy) is 1. The highest BCUT2D eigenvalue weighted by molar-refractivity contribution is 7.95. The number of methoxy groups -OCH3 is 1. The van der Waals surface area contributed by atoms with Crippen LogP contribution >= 0.6 is 11.6 Å². The predicted octanol–water partition coefficient (Wildman–Crippen LogP) is 3.18. The molecule has 0 saturated carbocycles. The van der Waals surface area contributed by atoms with Crippen LogP contribution in [0.2, 0.25) is 5.02 Å². The van der Waals surface area contributed by atoms with Gasteiger partial charge in [-0.25, -0.2) is 13.2 Å². The van der Waals surface area contributed by atoms with Crippen LogP contribution in [0.5, 0.6) is 0 Å². The molecule has 1 aromatic heterocycles. The van der Waals surface area contributed by atoms with Crippen LogP contribution < -0.4 is 4.72 Å². The number of nitrogens with one attached hydrogen (secondary N) is 2. The molecule has 0 spiro atoms. The van der Waals surface area contributed by atoms with Gasteiger partial charge in [-0.05, 0) is 36.8 Å². The molecule has 0 aliphatic carbocycles. The Kier molecular flexibility index (Phi) is 5.12. The van der Waals surface area contributed by atoms with Gasteiger partial charge in [0.1, 0.15) is 5.69 Å². The molecule has 122 valence electrons. The number of aromatic amines is 1. The first-order valence-corrected chi connectivity index (χ1v) is 8.47. The average Bonchev–Trinajstić information content (AvgIpc) is 2.85. The minimum atomic E-state index is -3.79. The van der Waals surface area contributed by atoms with Crippen molar-refractivity contribution in [3.63, 3.8) is 0 Å². The van der Waals surface area contributed by atoms with Gasteiger partial charge >= 0.3 is 5.97 Å². The number of carbonyl (C=O) groups excluding carboxylic acids is 1. The maximum atomic E-state index is 12.1. The zero-order valence-corrected chi connectivity index (χ0v) is 14.0. The van der Waals surface area contributed by atoms with Crippen molar-refractivity contribution in [1.29, 1.82) is 0 Å². The highest BCUT2D eigenvalue weighted by Crippen LogP contribution is 2.20. The zero-order chi connectivity index (χ0) is 17.0. The summed E-state index contributed by atoms with van der Waals surface area (Å²) in [5, 5.41) is 1.58. The van der Waals surface area contributed by atoms with Crippen LogP contribution in [0, 0.1) is 6.92 Å². The maximum Gasteiger partial charge on any atom is 0.356 e. The fourth-order valence-corrected chi connectivity index (χ4v) is 2.86. The number of hydrogen-bond acceptors (Lipinski definition) is 4. The summed E-state index contributed by atoms with van der Waals surface area (Å²) in [5.74, 6) is -0.655. The smallest absolute Gasteiger partial charge is 0.356 e. The molecule has 0 unspecified atom stereocenters. The van der Waals surface area contributed by atoms with E-state index in [2.05, 4.69) is 14.4 Å². The van der Waals surface area contributed by atoms with E-state index in [1.165, 1.54) is 19.3 Å². The Labute approximate surface area is 139 Å². The summed E-state index contributed by atoms with van der Waals surface area (Å²) in [6.07, 6.45) is 1.43. The molecule has 1 heterocycles. The summed E-state index contributed by atoms with van der Waals surface area (Å²) in [4.78, 5) is 14.4. The van der Waals surface area contributed by atoms with Crippen LogP contribution in [0.4, 0.5) is 5.69 Å². The number of benzene rings is 1. The molecule has 6 nitrogen and oxygen atoms in total. The van der Waals surface area contributed by atoms with Crippen LogP contribution in [0.25, 0.3) is 6.08 Å². The van der Waals surface area contributed by atoms with Crippen LogP contribution in [0.3, 0.4) is 0 Å². The monoisotopic (exact) mass is 354 g/mol. The zero-order valence-electron chi connectivity index (χ0n) is 12.5. The molecule has 0 bridgehead atoms. The number of anilines is 1. The molecule has 0 saturated heterocycles. The van der Waals surface area contributed by atoms with Crippen molar-refractivity contribution in [3.05, 3.63) is 57.7 Å². The van der Waals surface area contributed by atoms with Gasteiger partial charge in [-0.1, -0.05) is 23.7 Å². The van der Waals surface area contributed by atoms with Gasteiger partial charge in [-0.3, -0.25) is 4.72 Å². The number of sulfonamides is 1. The van der Waals surface area contributed by atoms with Gasteiger partial charge in [0, 0.05) is 10.7 Å². The fourth-order valence-electron chi connectivity index (χ4n) is 1.86. The second-order valence-electron chi connectivity index (χ2n) is 4.73. The molecule has 0 amide bonds. The van der Waals surface area contributed by atoms with E-state index in [1.807, 2.05) is 0 Å². The lowest BCUT2D eigenvalue weighted by atomic mass is 10.2. The van der Waals surface area contributed by atoms with E-state index in [9.17, 15) is 13.2 Å². The standard InChI is InChI=1S/C15H15ClN2O4S/c1-10-9-13(14(17-10)15(19)22-2)18-23(20,21)8-7-11-3-5-12(16)6-4-11/h3-9,17-18H,1-2H3/b8-7+. The van der Waals surface area contributed by atoms with Crippen molar-refractivity contribution in [2.45, 2.75) is 6.92 Å². The Bertz CT molecular complexity index is 839. The largest absolute Gasteiger partial charge is 0.464 e. The normalized spacial score (nSPS) is 11.6. The number of hydrogen-bond donors (Lipinski definition) is 2. The lowest BCUT2D eigenvalue weighted by Gasteiger charge is -2.04. The number of H-pyrrole nitrogens is 1. The van der Waals surface area contributed by atoms with Crippen LogP contribution in [0.1, 0.15) is 21.7 Å². The number of carbonyl (C=O) groups is 1. The minimum absolute atomic E-state index is 0.0495. The molecular weight excluding hydrogens is 340 g/mol. The number of aromatic nitrogens is 1. The number of halogens is 1. The highest BCUT2D eigenvalue weighted by Gasteiger charge is 2.18. The SMILES string of the molecule is COC(=O)c1[nH]c(C)cc1NS(=O)(=O)/C=C/c1ccc(Cl)cc1. The van der Waals surface area contributed by atoms with E-state index in [0.717, 1.165) is 5.41 Å². The summed E-state index contributed by atoms with van der Waals surface area (Å²) < 4.78 is 31.2. The van der Waals surface area contributed by atoms with Gasteiger partial charge in [-0.15, -0.1) is 0 Å². The second kappa shape index (κ2) is 6.89. The third-order valence-corrected chi connectivity index (χ3v) is 4.15. The number of esters is 1. The van der Waals surface area contributed by atoms with Crippen LogP contribution in [-0.4, -0.2) is 26.5 Å². The molecule has 2 N–H and O–H groups in total. The summed E-state index contributed by atoms with van der Waals surface area (Å²) in [7, 11) is -2.57. The molecule has 0 atom stereocenters. The van der Waals surface area contributed by atoms with Gasteiger partial charge in [0.25, 0.3) is 10.0 Å². The Morgan fingerprint density at radius 2 is 1.96 bits per heavy atom. The van der Waals surface area contributed by atoms with Crippen molar-refractivity contribution >= 4 is 39.4 Å². The van der Waals surface area contributed by atoms with Crippen molar-refractivity contribution in [3.8, 4) is 0 Å². The topological polar surface area (TPSA) is 88.3 Å². The Hall–Kier alpha value is -2.25. The molecule has 2 rings (SSSR count). The summed E-state index contributed by atoms with van der Waals surface area (Å²) >= 11 is 5.77. The number of aryl methyl sites for hydroxylation is 1. The van der Waals surface area contributed by atoms with E-state index >= 15 is 0 Å². The number of rotatable bonds is 5. The molecule has 8 heteroatoms. The maximum absolute atomic E-state index is 12.1. The summed E-state index contributed by atoms with van der Waals surface area (Å²) in [5.41, 5.74) is 1.49. The first kappa shape index (κ1) is 17.1. The fraction of sp³-hybridized carbons (Fsp3) is 0.133. The van der Waals surface area contributed by atoms with Crippen molar-refractivity contribution in [2.75, 3.05) is 11.8 Å². The van der Waals surface area contributed by atoms with Crippen LogP contribution in [-0.2, 0) is 14.8 Å². The lowest BCUT2D eigenvalue weighted by molar-refractivity contribution is 0.0596. The van der Waals surface area contributed by atoms with Crippen molar-refractivity contribution in [2.24, 2.45) is 0 Å². The highest BCUT2D eigenvalue weighted by atomic mass is 35.5. The predicted molar refractivity (Wildman–Crippen MR) is 89.9 cm³/mol. The molecule has 23 heavy (non-hydrogen) atoms. The van der Waals surface area contributed by atoms with E-state index in [-0.39, 0.29) is 11.4 Å². The second-order valence-corrected chi connectivity index (χ2v) is 6.74. The van der Waals surface area contributed by atoms with E-state index in [4.69, 9.17) is 11.6 Å². The molecule has 1 aromatic carbocycles. The Morgan fingerprint density at radius 3 is 2.57 bits per heavy atom. The van der Waals surface area contributed by atoms with Gasteiger partial charge in [0.05, 0.1) is 18.2 Å². The summed E-state index contributed by atoms with van der Waals surface area (Å²) in [6, 6.07) is 8.21. The van der Waals surface area contributed by atoms with E-state index in [1.54, 1.807) is 31.2 Å². The van der Waals surface area contributed by atoms with Crippen LogP contribution in [0.15, 0.2) is 35.7 Å². The van der Waals surface area contributed by atoms with E-state index < -0.39 is 16.0 Å². The van der Waals surface area contributed by atoms with Gasteiger partial charge in [0.15, 0.2) is 0 Å². The quantitative estimate of drug-likeness (QED) is 0.807. The first-order chi connectivity index (χ1) is 10.8. The third kappa shape index (κ3) is 4.61. The molecular formula is C15H15ClN2O4S. The van der Waals surface area contributed by atoms with Crippen molar-refractivity contribution in [1.82, 2.24) is 4.98 Å². The first-order valence-electron chi connectivity index (χ1n) is 6.55. The van der Waals surface area contributed by atoms with Crippen molar-refractivity contribution < 1.29 is 17.9 Å². The molecule has 0 fully saturated rings. The minimum Gasteiger partial charge on any atom is -0.464 e. The molecule has 0 radical (unpaired) electrons. The average molecular weight is 355 g/mol. The molecule has 2 aromatic rings. The van der Waals surface area contributed by atoms with Gasteiger partial charge in [-0.2, -0.15) is 0 Å². The molecule has 0 aliphatic rings. The lowest BCUT2D eigenvalue weighted by Crippen LogP contribution is -2.12. The van der Waals surface area contributed by atoms with E-state index in [0.29, 0.717) is 16.3 Å². The Balaban J connectivity index is 2.21. The molecule has 0 aliphatic heterocycles. The summed E-state index contributed by atoms with van der Waals surface area (Å²) in [6.45, 7) is 1.70.